The van der Waals surface area contributed by atoms with Crippen LogP contribution in [0.1, 0.15) is 51.7 Å². The van der Waals surface area contributed by atoms with Gasteiger partial charge in [-0.25, -0.2) is 14.2 Å². The number of ether oxygens (including phenoxy) is 1. The Morgan fingerprint density at radius 3 is 2.54 bits per heavy atom. The second-order valence-electron chi connectivity index (χ2n) is 8.75. The summed E-state index contributed by atoms with van der Waals surface area (Å²) in [6.45, 7) is 4.55. The molecule has 0 saturated carbocycles. The maximum Gasteiger partial charge on any atom is 0.335 e. The minimum Gasteiger partial charge on any atom is -0.487 e. The van der Waals surface area contributed by atoms with Crippen LogP contribution in [0, 0.1) is 13.8 Å². The summed E-state index contributed by atoms with van der Waals surface area (Å²) in [5, 5.41) is 10.9. The number of aryl methyl sites for hydroxylation is 4. The number of rotatable bonds is 9. The number of halogens is 1. The highest BCUT2D eigenvalue weighted by Crippen LogP contribution is 2.39. The molecule has 1 unspecified atom stereocenters. The van der Waals surface area contributed by atoms with Crippen molar-refractivity contribution in [1.82, 2.24) is 4.98 Å². The fourth-order valence-corrected chi connectivity index (χ4v) is 6.82. The lowest BCUT2D eigenvalue weighted by molar-refractivity contribution is 0.0696. The molecule has 0 fully saturated rings. The summed E-state index contributed by atoms with van der Waals surface area (Å²) in [5.41, 5.74) is 4.65. The molecular formula is C25H27FN2O5S2. The summed E-state index contributed by atoms with van der Waals surface area (Å²) in [5.74, 6) is -0.676. The number of sulfonamides is 1. The van der Waals surface area contributed by atoms with Gasteiger partial charge < -0.3 is 9.84 Å². The Hall–Kier alpha value is -2.98. The molecule has 0 bridgehead atoms. The fourth-order valence-electron chi connectivity index (χ4n) is 4.14. The molecule has 1 heterocycles. The molecule has 3 aromatic rings. The minimum absolute atomic E-state index is 0.0952. The third-order valence-corrected chi connectivity index (χ3v) is 9.07. The Morgan fingerprint density at radius 1 is 1.23 bits per heavy atom. The fraction of sp³-hybridized carbons (Fsp3) is 0.360. The number of aromatic nitrogens is 1. The first-order valence-corrected chi connectivity index (χ1v) is 13.6. The zero-order valence-electron chi connectivity index (χ0n) is 19.7. The first kappa shape index (κ1) is 25.1. The second kappa shape index (κ2) is 9.94. The van der Waals surface area contributed by atoms with Gasteiger partial charge in [0.25, 0.3) is 10.0 Å². The van der Waals surface area contributed by atoms with Crippen molar-refractivity contribution in [2.24, 2.45) is 0 Å². The van der Waals surface area contributed by atoms with E-state index in [2.05, 4.69) is 4.98 Å². The summed E-state index contributed by atoms with van der Waals surface area (Å²) in [4.78, 5) is 15.4. The van der Waals surface area contributed by atoms with Crippen LogP contribution in [-0.4, -0.2) is 37.2 Å². The predicted octanol–water partition coefficient (Wildman–Crippen LogP) is 5.08. The Balaban J connectivity index is 1.75. The largest absolute Gasteiger partial charge is 0.487 e. The van der Waals surface area contributed by atoms with Gasteiger partial charge in [-0.15, -0.1) is 11.3 Å². The number of fused-ring (bicyclic) bond motifs is 1. The molecule has 10 heteroatoms. The molecular weight excluding hydrogens is 491 g/mol. The van der Waals surface area contributed by atoms with E-state index in [1.807, 2.05) is 6.07 Å². The quantitative estimate of drug-likeness (QED) is 0.424. The Bertz CT molecular complexity index is 1370. The number of alkyl halides is 1. The number of hydrogen-bond donors (Lipinski definition) is 1. The molecule has 186 valence electrons. The molecule has 2 aromatic carbocycles. The number of carboxylic acid groups (broad SMARTS) is 1. The van der Waals surface area contributed by atoms with Crippen LogP contribution < -0.4 is 9.04 Å². The second-order valence-corrected chi connectivity index (χ2v) is 11.6. The smallest absolute Gasteiger partial charge is 0.335 e. The van der Waals surface area contributed by atoms with Gasteiger partial charge in [-0.05, 0) is 86.6 Å². The number of carbonyl (C=O) groups is 1. The van der Waals surface area contributed by atoms with Crippen molar-refractivity contribution < 1.29 is 27.4 Å². The summed E-state index contributed by atoms with van der Waals surface area (Å²) < 4.78 is 48.5. The molecule has 0 spiro atoms. The average Bonchev–Trinajstić information content (AvgIpc) is 3.44. The van der Waals surface area contributed by atoms with Gasteiger partial charge in [0.15, 0.2) is 0 Å². The normalized spacial score (nSPS) is 13.9. The maximum absolute atomic E-state index is 14.3. The van der Waals surface area contributed by atoms with Crippen molar-refractivity contribution in [1.29, 1.82) is 0 Å². The van der Waals surface area contributed by atoms with Crippen molar-refractivity contribution in [3.05, 3.63) is 69.2 Å². The van der Waals surface area contributed by atoms with Crippen molar-refractivity contribution in [2.45, 2.75) is 57.2 Å². The van der Waals surface area contributed by atoms with E-state index < -0.39 is 22.2 Å². The van der Waals surface area contributed by atoms with Crippen LogP contribution >= 0.6 is 11.3 Å². The molecule has 1 aliphatic carbocycles. The lowest BCUT2D eigenvalue weighted by atomic mass is 10.1. The van der Waals surface area contributed by atoms with Crippen molar-refractivity contribution in [3.63, 3.8) is 0 Å². The van der Waals surface area contributed by atoms with E-state index in [1.54, 1.807) is 37.4 Å². The van der Waals surface area contributed by atoms with Crippen LogP contribution in [0.4, 0.5) is 10.1 Å². The number of aromatic carboxylic acids is 1. The minimum atomic E-state index is -4.12. The molecule has 0 radical (unpaired) electrons. The third-order valence-electron chi connectivity index (χ3n) is 5.94. The lowest BCUT2D eigenvalue weighted by Crippen LogP contribution is -2.36. The van der Waals surface area contributed by atoms with Crippen LogP contribution in [0.2, 0.25) is 0 Å². The molecule has 4 rings (SSSR count). The topological polar surface area (TPSA) is 96.8 Å². The standard InChI is InChI=1S/C25H27FN2O5S2/c1-15-9-20(24(29)30)7-8-21(15)13-33-23-11-19-6-4-5-18(19)10-22(23)28(12-16(2)26)35(31,32)25-27-17(3)14-34-25/h7-11,14,16H,4-6,12-13H2,1-3H3,(H,29,30). The van der Waals surface area contributed by atoms with E-state index in [0.29, 0.717) is 11.4 Å². The van der Waals surface area contributed by atoms with E-state index in [-0.39, 0.29) is 28.7 Å². The summed E-state index contributed by atoms with van der Waals surface area (Å²) in [6.07, 6.45) is 1.20. The van der Waals surface area contributed by atoms with E-state index in [0.717, 1.165) is 57.2 Å². The van der Waals surface area contributed by atoms with Crippen LogP contribution in [0.5, 0.6) is 5.75 Å². The van der Waals surface area contributed by atoms with E-state index in [4.69, 9.17) is 4.74 Å². The van der Waals surface area contributed by atoms with Gasteiger partial charge in [0, 0.05) is 11.1 Å². The molecule has 7 nitrogen and oxygen atoms in total. The molecule has 0 saturated heterocycles. The molecule has 1 aliphatic rings. The summed E-state index contributed by atoms with van der Waals surface area (Å²) in [7, 11) is -4.12. The van der Waals surface area contributed by atoms with Gasteiger partial charge in [0.2, 0.25) is 4.34 Å². The number of thiazole rings is 1. The molecule has 35 heavy (non-hydrogen) atoms. The average molecular weight is 519 g/mol. The van der Waals surface area contributed by atoms with E-state index >= 15 is 0 Å². The van der Waals surface area contributed by atoms with E-state index in [1.165, 1.54) is 13.0 Å². The molecule has 0 amide bonds. The Labute approximate surface area is 208 Å². The van der Waals surface area contributed by atoms with Gasteiger partial charge in [-0.2, -0.15) is 8.42 Å². The van der Waals surface area contributed by atoms with Crippen LogP contribution in [0.15, 0.2) is 40.1 Å². The Kier molecular flexibility index (Phi) is 7.14. The highest BCUT2D eigenvalue weighted by atomic mass is 32.2. The monoisotopic (exact) mass is 518 g/mol. The zero-order chi connectivity index (χ0) is 25.3. The van der Waals surface area contributed by atoms with E-state index in [9.17, 15) is 22.7 Å². The van der Waals surface area contributed by atoms with Crippen molar-refractivity contribution >= 4 is 33.0 Å². The summed E-state index contributed by atoms with van der Waals surface area (Å²) in [6, 6.07) is 8.39. The summed E-state index contributed by atoms with van der Waals surface area (Å²) >= 11 is 1.00. The van der Waals surface area contributed by atoms with Crippen LogP contribution in [0.25, 0.3) is 0 Å². The predicted molar refractivity (Wildman–Crippen MR) is 133 cm³/mol. The number of carboxylic acids is 1. The highest BCUT2D eigenvalue weighted by molar-refractivity contribution is 7.94. The highest BCUT2D eigenvalue weighted by Gasteiger charge is 2.32. The number of nitrogens with zero attached hydrogens (tertiary/aromatic N) is 2. The number of benzene rings is 2. The number of anilines is 1. The molecule has 1 aromatic heterocycles. The SMILES string of the molecule is Cc1csc(S(=O)(=O)N(CC(C)F)c2cc3c(cc2OCc2ccc(C(=O)O)cc2C)CCC3)n1. The third kappa shape index (κ3) is 5.33. The van der Waals surface area contributed by atoms with Gasteiger partial charge in [-0.3, -0.25) is 4.31 Å². The maximum atomic E-state index is 14.3. The first-order valence-electron chi connectivity index (χ1n) is 11.3. The van der Waals surface area contributed by atoms with Crippen LogP contribution in [-0.2, 0) is 29.5 Å². The molecule has 0 aliphatic heterocycles. The number of hydrogen-bond acceptors (Lipinski definition) is 6. The van der Waals surface area contributed by atoms with Crippen molar-refractivity contribution in [3.8, 4) is 5.75 Å². The van der Waals surface area contributed by atoms with Crippen molar-refractivity contribution in [2.75, 3.05) is 10.8 Å². The lowest BCUT2D eigenvalue weighted by Gasteiger charge is -2.27. The molecule has 1 atom stereocenters. The Morgan fingerprint density at radius 2 is 1.94 bits per heavy atom. The zero-order valence-corrected chi connectivity index (χ0v) is 21.4. The van der Waals surface area contributed by atoms with Gasteiger partial charge >= 0.3 is 5.97 Å². The first-order chi connectivity index (χ1) is 16.6. The van der Waals surface area contributed by atoms with Gasteiger partial charge in [-0.1, -0.05) is 6.07 Å². The van der Waals surface area contributed by atoms with Gasteiger partial charge in [0.1, 0.15) is 18.5 Å². The molecule has 1 N–H and O–H groups in total. The van der Waals surface area contributed by atoms with Gasteiger partial charge in [0.05, 0.1) is 17.8 Å². The van der Waals surface area contributed by atoms with Crippen LogP contribution in [0.3, 0.4) is 0 Å².